The standard InChI is InChI=1S/C14H10FNO4/c15-12-8-10(16(19)20)6-5-9(12)7-14(18)11-3-1-2-4-13(11)17/h1-6,8,17H,7H2. The van der Waals surface area contributed by atoms with E-state index in [1.807, 2.05) is 0 Å². The topological polar surface area (TPSA) is 80.4 Å². The lowest BCUT2D eigenvalue weighted by atomic mass is 10.0. The van der Waals surface area contributed by atoms with E-state index in [0.717, 1.165) is 12.1 Å². The number of Topliss-reactive ketones (excluding diaryl/α,β-unsaturated/α-hetero) is 1. The van der Waals surface area contributed by atoms with Crippen molar-refractivity contribution in [3.63, 3.8) is 0 Å². The van der Waals surface area contributed by atoms with Crippen LogP contribution in [0.5, 0.6) is 5.75 Å². The molecule has 5 nitrogen and oxygen atoms in total. The molecule has 6 heteroatoms. The molecule has 0 radical (unpaired) electrons. The number of nitrogens with zero attached hydrogens (tertiary/aromatic N) is 1. The van der Waals surface area contributed by atoms with E-state index in [1.165, 1.54) is 18.2 Å². The molecule has 2 aromatic carbocycles. The Morgan fingerprint density at radius 1 is 1.25 bits per heavy atom. The van der Waals surface area contributed by atoms with Gasteiger partial charge in [-0.3, -0.25) is 14.9 Å². The molecule has 20 heavy (non-hydrogen) atoms. The van der Waals surface area contributed by atoms with Gasteiger partial charge in [0.2, 0.25) is 0 Å². The smallest absolute Gasteiger partial charge is 0.272 e. The highest BCUT2D eigenvalue weighted by Gasteiger charge is 2.16. The maximum atomic E-state index is 13.7. The molecular weight excluding hydrogens is 265 g/mol. The zero-order valence-corrected chi connectivity index (χ0v) is 10.2. The lowest BCUT2D eigenvalue weighted by Gasteiger charge is -2.04. The molecule has 1 N–H and O–H groups in total. The number of para-hydroxylation sites is 1. The number of hydrogen-bond donors (Lipinski definition) is 1. The third-order valence-electron chi connectivity index (χ3n) is 2.80. The summed E-state index contributed by atoms with van der Waals surface area (Å²) in [4.78, 5) is 21.7. The highest BCUT2D eigenvalue weighted by Crippen LogP contribution is 2.21. The zero-order valence-electron chi connectivity index (χ0n) is 10.2. The lowest BCUT2D eigenvalue weighted by molar-refractivity contribution is -0.385. The molecule has 0 heterocycles. The quantitative estimate of drug-likeness (QED) is 0.528. The molecule has 0 amide bonds. The Kier molecular flexibility index (Phi) is 3.74. The summed E-state index contributed by atoms with van der Waals surface area (Å²) in [7, 11) is 0. The molecule has 0 spiro atoms. The number of non-ortho nitro benzene ring substituents is 1. The van der Waals surface area contributed by atoms with E-state index in [1.54, 1.807) is 12.1 Å². The van der Waals surface area contributed by atoms with Crippen molar-refractivity contribution in [2.45, 2.75) is 6.42 Å². The number of carbonyl (C=O) groups is 1. The summed E-state index contributed by atoms with van der Waals surface area (Å²) < 4.78 is 13.7. The summed E-state index contributed by atoms with van der Waals surface area (Å²) in [6.45, 7) is 0. The minimum absolute atomic E-state index is 0.0452. The molecule has 0 aromatic heterocycles. The highest BCUT2D eigenvalue weighted by molar-refractivity contribution is 5.99. The number of aromatic hydroxyl groups is 1. The molecular formula is C14H10FNO4. The number of halogens is 1. The number of nitro groups is 1. The third kappa shape index (κ3) is 2.80. The summed E-state index contributed by atoms with van der Waals surface area (Å²) in [5.41, 5.74) is -0.240. The van der Waals surface area contributed by atoms with Gasteiger partial charge in [0, 0.05) is 12.5 Å². The van der Waals surface area contributed by atoms with E-state index in [2.05, 4.69) is 0 Å². The molecule has 2 aromatic rings. The van der Waals surface area contributed by atoms with Gasteiger partial charge in [-0.05, 0) is 23.8 Å². The first-order valence-electron chi connectivity index (χ1n) is 5.73. The predicted octanol–water partition coefficient (Wildman–Crippen LogP) is 2.86. The van der Waals surface area contributed by atoms with Crippen molar-refractivity contribution in [2.24, 2.45) is 0 Å². The fraction of sp³-hybridized carbons (Fsp3) is 0.0714. The Morgan fingerprint density at radius 3 is 2.55 bits per heavy atom. The van der Waals surface area contributed by atoms with Gasteiger partial charge < -0.3 is 5.11 Å². The number of hydrogen-bond acceptors (Lipinski definition) is 4. The van der Waals surface area contributed by atoms with Crippen LogP contribution in [0.4, 0.5) is 10.1 Å². The van der Waals surface area contributed by atoms with Crippen molar-refractivity contribution in [1.82, 2.24) is 0 Å². The van der Waals surface area contributed by atoms with Gasteiger partial charge in [0.05, 0.1) is 16.6 Å². The molecule has 0 unspecified atom stereocenters. The van der Waals surface area contributed by atoms with Gasteiger partial charge in [0.1, 0.15) is 11.6 Å². The van der Waals surface area contributed by atoms with Crippen molar-refractivity contribution in [3.8, 4) is 5.75 Å². The highest BCUT2D eigenvalue weighted by atomic mass is 19.1. The first kappa shape index (κ1) is 13.7. The zero-order chi connectivity index (χ0) is 14.7. The van der Waals surface area contributed by atoms with Gasteiger partial charge in [0.25, 0.3) is 5.69 Å². The second-order valence-electron chi connectivity index (χ2n) is 4.15. The number of rotatable bonds is 4. The number of benzene rings is 2. The molecule has 0 aliphatic rings. The van der Waals surface area contributed by atoms with Crippen LogP contribution >= 0.6 is 0 Å². The second-order valence-corrected chi connectivity index (χ2v) is 4.15. The van der Waals surface area contributed by atoms with Gasteiger partial charge >= 0.3 is 0 Å². The minimum Gasteiger partial charge on any atom is -0.507 e. The molecule has 0 saturated heterocycles. The average Bonchev–Trinajstić information content (AvgIpc) is 2.41. The number of phenols is 1. The Bertz CT molecular complexity index is 685. The van der Waals surface area contributed by atoms with Crippen molar-refractivity contribution in [3.05, 3.63) is 69.5 Å². The predicted molar refractivity (Wildman–Crippen MR) is 69.2 cm³/mol. The summed E-state index contributed by atoms with van der Waals surface area (Å²) in [5, 5.41) is 20.0. The van der Waals surface area contributed by atoms with Gasteiger partial charge in [-0.2, -0.15) is 0 Å². The van der Waals surface area contributed by atoms with E-state index < -0.39 is 16.5 Å². The van der Waals surface area contributed by atoms with Crippen LogP contribution in [0.2, 0.25) is 0 Å². The van der Waals surface area contributed by atoms with Crippen LogP contribution in [0.3, 0.4) is 0 Å². The fourth-order valence-electron chi connectivity index (χ4n) is 1.77. The van der Waals surface area contributed by atoms with E-state index in [-0.39, 0.29) is 29.0 Å². The van der Waals surface area contributed by atoms with Crippen molar-refractivity contribution < 1.29 is 19.2 Å². The van der Waals surface area contributed by atoms with E-state index in [4.69, 9.17) is 0 Å². The van der Waals surface area contributed by atoms with Crippen molar-refractivity contribution >= 4 is 11.5 Å². The number of ketones is 1. The molecule has 0 aliphatic heterocycles. The van der Waals surface area contributed by atoms with Crippen LogP contribution in [-0.2, 0) is 6.42 Å². The molecule has 0 bridgehead atoms. The summed E-state index contributed by atoms with van der Waals surface area (Å²) in [6.07, 6.45) is -0.276. The maximum Gasteiger partial charge on any atom is 0.272 e. The number of nitro benzene ring substituents is 1. The largest absolute Gasteiger partial charge is 0.507 e. The lowest BCUT2D eigenvalue weighted by Crippen LogP contribution is -2.06. The molecule has 0 aliphatic carbocycles. The Morgan fingerprint density at radius 2 is 1.95 bits per heavy atom. The minimum atomic E-state index is -0.817. The molecule has 0 fully saturated rings. The summed E-state index contributed by atoms with van der Waals surface area (Å²) in [5.74, 6) is -1.46. The Labute approximate surface area is 113 Å². The van der Waals surface area contributed by atoms with Crippen molar-refractivity contribution in [2.75, 3.05) is 0 Å². The van der Waals surface area contributed by atoms with Crippen LogP contribution in [0.1, 0.15) is 15.9 Å². The van der Waals surface area contributed by atoms with Crippen LogP contribution in [0, 0.1) is 15.9 Å². The average molecular weight is 275 g/mol. The van der Waals surface area contributed by atoms with Crippen LogP contribution < -0.4 is 0 Å². The second kappa shape index (κ2) is 5.48. The van der Waals surface area contributed by atoms with Gasteiger partial charge in [-0.1, -0.05) is 12.1 Å². The normalized spacial score (nSPS) is 10.2. The van der Waals surface area contributed by atoms with E-state index in [9.17, 15) is 24.4 Å². The van der Waals surface area contributed by atoms with Crippen LogP contribution in [0.15, 0.2) is 42.5 Å². The summed E-state index contributed by atoms with van der Waals surface area (Å²) >= 11 is 0. The molecule has 0 atom stereocenters. The summed E-state index contributed by atoms with van der Waals surface area (Å²) in [6, 6.07) is 9.05. The Hall–Kier alpha value is -2.76. The van der Waals surface area contributed by atoms with Gasteiger partial charge in [-0.15, -0.1) is 0 Å². The SMILES string of the molecule is O=C(Cc1ccc([N+](=O)[O-])cc1F)c1ccccc1O. The first-order chi connectivity index (χ1) is 9.49. The van der Waals surface area contributed by atoms with Gasteiger partial charge in [-0.25, -0.2) is 4.39 Å². The Balaban J connectivity index is 2.25. The molecule has 2 rings (SSSR count). The number of phenolic OH excluding ortho intramolecular Hbond substituents is 1. The van der Waals surface area contributed by atoms with Crippen LogP contribution in [0.25, 0.3) is 0 Å². The molecule has 102 valence electrons. The monoisotopic (exact) mass is 275 g/mol. The van der Waals surface area contributed by atoms with Gasteiger partial charge in [0.15, 0.2) is 5.78 Å². The first-order valence-corrected chi connectivity index (χ1v) is 5.73. The number of carbonyl (C=O) groups excluding carboxylic acids is 1. The molecule has 0 saturated carbocycles. The van der Waals surface area contributed by atoms with Crippen molar-refractivity contribution in [1.29, 1.82) is 0 Å². The van der Waals surface area contributed by atoms with E-state index in [0.29, 0.717) is 0 Å². The maximum absolute atomic E-state index is 13.7. The van der Waals surface area contributed by atoms with Crippen LogP contribution in [-0.4, -0.2) is 15.8 Å². The third-order valence-corrected chi connectivity index (χ3v) is 2.80. The van der Waals surface area contributed by atoms with E-state index >= 15 is 0 Å². The fourth-order valence-corrected chi connectivity index (χ4v) is 1.77.